The Morgan fingerprint density at radius 3 is 3.00 bits per heavy atom. The maximum atomic E-state index is 11.8. The third kappa shape index (κ3) is 2.58. The molecule has 0 bridgehead atoms. The first-order valence-corrected chi connectivity index (χ1v) is 7.08. The van der Waals surface area contributed by atoms with E-state index in [2.05, 4.69) is 20.3 Å². The number of fused-ring (bicyclic) bond motifs is 1. The first kappa shape index (κ1) is 13.5. The normalized spacial score (nSPS) is 13.2. The topological polar surface area (TPSA) is 92.7 Å². The van der Waals surface area contributed by atoms with Gasteiger partial charge in [0.15, 0.2) is 0 Å². The SMILES string of the molecule is CCn1cc(CNc2ncnc3c2CCC3)c(=O)[nH]c1=O. The fourth-order valence-electron chi connectivity index (χ4n) is 2.61. The van der Waals surface area contributed by atoms with Crippen LogP contribution in [0.2, 0.25) is 0 Å². The number of anilines is 1. The molecule has 0 fully saturated rings. The molecule has 0 aliphatic heterocycles. The van der Waals surface area contributed by atoms with E-state index in [1.165, 1.54) is 4.57 Å². The summed E-state index contributed by atoms with van der Waals surface area (Å²) in [5, 5.41) is 3.19. The number of hydrogen-bond donors (Lipinski definition) is 2. The summed E-state index contributed by atoms with van der Waals surface area (Å²) in [6.45, 7) is 2.71. The number of H-pyrrole nitrogens is 1. The molecule has 0 saturated carbocycles. The van der Waals surface area contributed by atoms with E-state index in [-0.39, 0.29) is 11.2 Å². The fraction of sp³-hybridized carbons (Fsp3) is 0.429. The number of hydrogen-bond acceptors (Lipinski definition) is 5. The lowest BCUT2D eigenvalue weighted by atomic mass is 10.2. The molecular formula is C14H17N5O2. The quantitative estimate of drug-likeness (QED) is 0.851. The van der Waals surface area contributed by atoms with Crippen LogP contribution in [0.4, 0.5) is 5.82 Å². The Hall–Kier alpha value is -2.44. The molecule has 2 aromatic rings. The van der Waals surface area contributed by atoms with Crippen molar-refractivity contribution in [2.75, 3.05) is 5.32 Å². The van der Waals surface area contributed by atoms with Crippen molar-refractivity contribution in [1.82, 2.24) is 19.5 Å². The molecule has 21 heavy (non-hydrogen) atoms. The van der Waals surface area contributed by atoms with E-state index in [1.807, 2.05) is 6.92 Å². The van der Waals surface area contributed by atoms with Crippen LogP contribution in [0.5, 0.6) is 0 Å². The van der Waals surface area contributed by atoms with E-state index < -0.39 is 0 Å². The molecule has 1 aliphatic carbocycles. The van der Waals surface area contributed by atoms with E-state index in [9.17, 15) is 9.59 Å². The molecule has 0 atom stereocenters. The van der Waals surface area contributed by atoms with E-state index in [1.54, 1.807) is 12.5 Å². The van der Waals surface area contributed by atoms with Crippen molar-refractivity contribution < 1.29 is 0 Å². The zero-order valence-corrected chi connectivity index (χ0v) is 11.8. The largest absolute Gasteiger partial charge is 0.365 e. The van der Waals surface area contributed by atoms with Crippen LogP contribution in [0, 0.1) is 0 Å². The molecule has 2 N–H and O–H groups in total. The molecule has 0 radical (unpaired) electrons. The summed E-state index contributed by atoms with van der Waals surface area (Å²) in [4.78, 5) is 34.2. The summed E-state index contributed by atoms with van der Waals surface area (Å²) in [7, 11) is 0. The molecule has 3 rings (SSSR count). The molecule has 110 valence electrons. The molecule has 0 unspecified atom stereocenters. The third-order valence-electron chi connectivity index (χ3n) is 3.75. The lowest BCUT2D eigenvalue weighted by Crippen LogP contribution is -2.32. The number of nitrogens with one attached hydrogen (secondary N) is 2. The predicted molar refractivity (Wildman–Crippen MR) is 78.4 cm³/mol. The first-order valence-electron chi connectivity index (χ1n) is 7.08. The van der Waals surface area contributed by atoms with Crippen LogP contribution >= 0.6 is 0 Å². The van der Waals surface area contributed by atoms with Crippen molar-refractivity contribution in [1.29, 1.82) is 0 Å². The van der Waals surface area contributed by atoms with Crippen molar-refractivity contribution in [3.63, 3.8) is 0 Å². The van der Waals surface area contributed by atoms with Gasteiger partial charge < -0.3 is 9.88 Å². The lowest BCUT2D eigenvalue weighted by Gasteiger charge is -2.10. The van der Waals surface area contributed by atoms with Crippen molar-refractivity contribution in [3.05, 3.63) is 50.2 Å². The third-order valence-corrected chi connectivity index (χ3v) is 3.75. The molecule has 2 aromatic heterocycles. The van der Waals surface area contributed by atoms with Crippen LogP contribution in [0.1, 0.15) is 30.2 Å². The minimum absolute atomic E-state index is 0.332. The predicted octanol–water partition coefficient (Wildman–Crippen LogP) is 0.447. The van der Waals surface area contributed by atoms with Gasteiger partial charge in [-0.25, -0.2) is 14.8 Å². The molecule has 7 heteroatoms. The number of rotatable bonds is 4. The van der Waals surface area contributed by atoms with Gasteiger partial charge in [0, 0.05) is 30.5 Å². The zero-order valence-electron chi connectivity index (χ0n) is 11.8. The van der Waals surface area contributed by atoms with Gasteiger partial charge in [-0.3, -0.25) is 9.78 Å². The first-order chi connectivity index (χ1) is 10.2. The van der Waals surface area contributed by atoms with E-state index >= 15 is 0 Å². The average Bonchev–Trinajstić information content (AvgIpc) is 2.95. The average molecular weight is 287 g/mol. The van der Waals surface area contributed by atoms with Gasteiger partial charge in [-0.05, 0) is 26.2 Å². The fourth-order valence-corrected chi connectivity index (χ4v) is 2.61. The minimum atomic E-state index is -0.380. The van der Waals surface area contributed by atoms with Gasteiger partial charge in [-0.1, -0.05) is 0 Å². The summed E-state index contributed by atoms with van der Waals surface area (Å²) in [5.74, 6) is 0.783. The Bertz CT molecular complexity index is 778. The Morgan fingerprint density at radius 2 is 2.19 bits per heavy atom. The van der Waals surface area contributed by atoms with Crippen LogP contribution in [-0.2, 0) is 25.9 Å². The molecule has 1 aliphatic rings. The number of aryl methyl sites for hydroxylation is 2. The monoisotopic (exact) mass is 287 g/mol. The summed E-state index contributed by atoms with van der Waals surface area (Å²) in [6.07, 6.45) is 6.17. The van der Waals surface area contributed by atoms with Gasteiger partial charge in [0.25, 0.3) is 5.56 Å². The zero-order chi connectivity index (χ0) is 14.8. The number of aromatic nitrogens is 4. The molecular weight excluding hydrogens is 270 g/mol. The summed E-state index contributed by atoms with van der Waals surface area (Å²) in [6, 6.07) is 0. The molecule has 0 aromatic carbocycles. The van der Waals surface area contributed by atoms with Crippen LogP contribution in [0.15, 0.2) is 22.1 Å². The maximum Gasteiger partial charge on any atom is 0.328 e. The van der Waals surface area contributed by atoms with Gasteiger partial charge in [-0.15, -0.1) is 0 Å². The Labute approximate surface area is 121 Å². The number of aromatic amines is 1. The van der Waals surface area contributed by atoms with Crippen molar-refractivity contribution in [3.8, 4) is 0 Å². The van der Waals surface area contributed by atoms with Crippen molar-refractivity contribution >= 4 is 5.82 Å². The Balaban J connectivity index is 1.84. The molecule has 0 spiro atoms. The van der Waals surface area contributed by atoms with Gasteiger partial charge in [0.1, 0.15) is 12.1 Å². The van der Waals surface area contributed by atoms with Gasteiger partial charge in [-0.2, -0.15) is 0 Å². The van der Waals surface area contributed by atoms with Gasteiger partial charge in [0.05, 0.1) is 5.56 Å². The second kappa shape index (κ2) is 5.51. The molecule has 0 saturated heterocycles. The lowest BCUT2D eigenvalue weighted by molar-refractivity contribution is 0.683. The maximum absolute atomic E-state index is 11.8. The summed E-state index contributed by atoms with van der Waals surface area (Å²) in [5.41, 5.74) is 2.00. The van der Waals surface area contributed by atoms with Crippen LogP contribution in [0.3, 0.4) is 0 Å². The number of nitrogens with zero attached hydrogens (tertiary/aromatic N) is 3. The summed E-state index contributed by atoms with van der Waals surface area (Å²) < 4.78 is 1.48. The molecule has 7 nitrogen and oxygen atoms in total. The van der Waals surface area contributed by atoms with Crippen molar-refractivity contribution in [2.45, 2.75) is 39.3 Å². The van der Waals surface area contributed by atoms with Crippen LogP contribution in [0.25, 0.3) is 0 Å². The highest BCUT2D eigenvalue weighted by Crippen LogP contribution is 2.25. The standard InChI is InChI=1S/C14H17N5O2/c1-2-19-7-9(13(20)18-14(19)21)6-15-12-10-4-3-5-11(10)16-8-17-12/h7-8H,2-6H2,1H3,(H,15,16,17)(H,18,20,21). The second-order valence-electron chi connectivity index (χ2n) is 5.05. The van der Waals surface area contributed by atoms with Gasteiger partial charge >= 0.3 is 5.69 Å². The van der Waals surface area contributed by atoms with Gasteiger partial charge in [0.2, 0.25) is 0 Å². The van der Waals surface area contributed by atoms with Crippen LogP contribution in [-0.4, -0.2) is 19.5 Å². The minimum Gasteiger partial charge on any atom is -0.365 e. The van der Waals surface area contributed by atoms with E-state index in [4.69, 9.17) is 0 Å². The Kier molecular flexibility index (Phi) is 3.55. The smallest absolute Gasteiger partial charge is 0.328 e. The molecule has 0 amide bonds. The highest BCUT2D eigenvalue weighted by molar-refractivity contribution is 5.48. The second-order valence-corrected chi connectivity index (χ2v) is 5.05. The van der Waals surface area contributed by atoms with E-state index in [0.29, 0.717) is 18.7 Å². The Morgan fingerprint density at radius 1 is 1.33 bits per heavy atom. The van der Waals surface area contributed by atoms with Crippen molar-refractivity contribution in [2.24, 2.45) is 0 Å². The van der Waals surface area contributed by atoms with Crippen LogP contribution < -0.4 is 16.6 Å². The molecule has 2 heterocycles. The highest BCUT2D eigenvalue weighted by atomic mass is 16.2. The summed E-state index contributed by atoms with van der Waals surface area (Å²) >= 11 is 0. The van der Waals surface area contributed by atoms with E-state index in [0.717, 1.165) is 36.3 Å². The highest BCUT2D eigenvalue weighted by Gasteiger charge is 2.17.